The zero-order valence-corrected chi connectivity index (χ0v) is 10.2. The topological polar surface area (TPSA) is 65.8 Å². The molecule has 1 heterocycles. The first-order valence-corrected chi connectivity index (χ1v) is 5.88. The van der Waals surface area contributed by atoms with Gasteiger partial charge < -0.3 is 5.32 Å². The van der Waals surface area contributed by atoms with Crippen LogP contribution in [0.25, 0.3) is 0 Å². The monoisotopic (exact) mass is 231 g/mol. The van der Waals surface area contributed by atoms with Crippen molar-refractivity contribution in [1.29, 1.82) is 5.26 Å². The summed E-state index contributed by atoms with van der Waals surface area (Å²) in [6.07, 6.45) is 4.34. The molecule has 0 radical (unpaired) electrons. The van der Waals surface area contributed by atoms with Gasteiger partial charge in [-0.05, 0) is 25.0 Å². The van der Waals surface area contributed by atoms with Gasteiger partial charge in [0.1, 0.15) is 11.8 Å². The Hall–Kier alpha value is -1.89. The summed E-state index contributed by atoms with van der Waals surface area (Å²) in [5.41, 5.74) is 0.820. The summed E-state index contributed by atoms with van der Waals surface area (Å²) in [4.78, 5) is 15.8. The van der Waals surface area contributed by atoms with Gasteiger partial charge in [-0.15, -0.1) is 0 Å². The van der Waals surface area contributed by atoms with Crippen molar-refractivity contribution in [3.05, 3.63) is 29.6 Å². The molecule has 1 aromatic heterocycles. The van der Waals surface area contributed by atoms with Gasteiger partial charge in [0.15, 0.2) is 0 Å². The average molecular weight is 231 g/mol. The number of nitrogens with one attached hydrogen (secondary N) is 1. The van der Waals surface area contributed by atoms with E-state index in [-0.39, 0.29) is 11.9 Å². The third kappa shape index (κ3) is 3.87. The summed E-state index contributed by atoms with van der Waals surface area (Å²) < 4.78 is 0. The van der Waals surface area contributed by atoms with E-state index in [9.17, 15) is 4.79 Å². The lowest BCUT2D eigenvalue weighted by atomic mass is 10.1. The summed E-state index contributed by atoms with van der Waals surface area (Å²) in [7, 11) is 0. The van der Waals surface area contributed by atoms with Crippen molar-refractivity contribution in [3.8, 4) is 6.07 Å². The molecule has 1 atom stereocenters. The first-order valence-electron chi connectivity index (χ1n) is 5.88. The molecule has 1 unspecified atom stereocenters. The van der Waals surface area contributed by atoms with E-state index in [1.165, 1.54) is 6.20 Å². The highest BCUT2D eigenvalue weighted by molar-refractivity contribution is 5.92. The molecule has 90 valence electrons. The fourth-order valence-electron chi connectivity index (χ4n) is 1.58. The minimum absolute atomic E-state index is 0.171. The lowest BCUT2D eigenvalue weighted by Gasteiger charge is -2.15. The van der Waals surface area contributed by atoms with E-state index in [1.807, 2.05) is 13.0 Å². The van der Waals surface area contributed by atoms with Crippen LogP contribution in [0.5, 0.6) is 0 Å². The van der Waals surface area contributed by atoms with E-state index in [0.29, 0.717) is 11.3 Å². The summed E-state index contributed by atoms with van der Waals surface area (Å²) in [6.45, 7) is 4.14. The van der Waals surface area contributed by atoms with Gasteiger partial charge in [-0.3, -0.25) is 4.79 Å². The van der Waals surface area contributed by atoms with E-state index in [0.717, 1.165) is 19.3 Å². The minimum Gasteiger partial charge on any atom is -0.348 e. The van der Waals surface area contributed by atoms with Crippen LogP contribution in [0.1, 0.15) is 49.2 Å². The molecular formula is C13H17N3O. The maximum absolute atomic E-state index is 11.8. The molecule has 1 amide bonds. The van der Waals surface area contributed by atoms with Crippen LogP contribution < -0.4 is 5.32 Å². The predicted octanol–water partition coefficient (Wildman–Crippen LogP) is 2.26. The first kappa shape index (κ1) is 13.2. The highest BCUT2D eigenvalue weighted by Gasteiger charge is 2.12. The molecule has 1 rings (SSSR count). The molecular weight excluding hydrogens is 214 g/mol. The van der Waals surface area contributed by atoms with Crippen LogP contribution in [0, 0.1) is 11.3 Å². The second-order valence-electron chi connectivity index (χ2n) is 3.91. The Morgan fingerprint density at radius 1 is 1.53 bits per heavy atom. The Kier molecular flexibility index (Phi) is 5.15. The number of aromatic nitrogens is 1. The summed E-state index contributed by atoms with van der Waals surface area (Å²) in [5, 5.41) is 11.6. The number of hydrogen-bond acceptors (Lipinski definition) is 3. The van der Waals surface area contributed by atoms with Crippen molar-refractivity contribution in [2.24, 2.45) is 0 Å². The molecule has 1 N–H and O–H groups in total. The Bertz CT molecular complexity index is 406. The average Bonchev–Trinajstić information content (AvgIpc) is 2.38. The number of amides is 1. The smallest absolute Gasteiger partial charge is 0.270 e. The van der Waals surface area contributed by atoms with Crippen molar-refractivity contribution in [1.82, 2.24) is 10.3 Å². The Morgan fingerprint density at radius 2 is 2.29 bits per heavy atom. The Labute approximate surface area is 102 Å². The van der Waals surface area contributed by atoms with Crippen LogP contribution in [0.2, 0.25) is 0 Å². The summed E-state index contributed by atoms with van der Waals surface area (Å²) in [5.74, 6) is -0.171. The zero-order valence-electron chi connectivity index (χ0n) is 10.2. The first-order chi connectivity index (χ1) is 8.21. The molecule has 4 nitrogen and oxygen atoms in total. The number of nitrogens with zero attached hydrogens (tertiary/aromatic N) is 2. The van der Waals surface area contributed by atoms with Gasteiger partial charge in [-0.1, -0.05) is 20.3 Å². The van der Waals surface area contributed by atoms with Crippen LogP contribution in [-0.2, 0) is 0 Å². The Morgan fingerprint density at radius 3 is 2.76 bits per heavy atom. The molecule has 0 fully saturated rings. The quantitative estimate of drug-likeness (QED) is 0.845. The van der Waals surface area contributed by atoms with Gasteiger partial charge >= 0.3 is 0 Å². The highest BCUT2D eigenvalue weighted by Crippen LogP contribution is 2.04. The van der Waals surface area contributed by atoms with E-state index in [2.05, 4.69) is 17.2 Å². The molecule has 1 aromatic rings. The maximum atomic E-state index is 11.8. The summed E-state index contributed by atoms with van der Waals surface area (Å²) >= 11 is 0. The fraction of sp³-hybridized carbons (Fsp3) is 0.462. The molecule has 0 bridgehead atoms. The third-order valence-corrected chi connectivity index (χ3v) is 2.59. The number of pyridine rings is 1. The zero-order chi connectivity index (χ0) is 12.7. The fourth-order valence-corrected chi connectivity index (χ4v) is 1.58. The number of carbonyl (C=O) groups excluding carboxylic acids is 1. The third-order valence-electron chi connectivity index (χ3n) is 2.59. The SMILES string of the molecule is CCCC(CC)NC(=O)c1ccc(C#N)cn1. The summed E-state index contributed by atoms with van der Waals surface area (Å²) in [6, 6.07) is 5.35. The van der Waals surface area contributed by atoms with Crippen LogP contribution in [0.3, 0.4) is 0 Å². The molecule has 4 heteroatoms. The normalized spacial score (nSPS) is 11.6. The van der Waals surface area contributed by atoms with Crippen LogP contribution >= 0.6 is 0 Å². The number of rotatable bonds is 5. The van der Waals surface area contributed by atoms with Gasteiger partial charge in [0.25, 0.3) is 5.91 Å². The van der Waals surface area contributed by atoms with Gasteiger partial charge in [-0.2, -0.15) is 5.26 Å². The lowest BCUT2D eigenvalue weighted by Crippen LogP contribution is -2.34. The van der Waals surface area contributed by atoms with Crippen molar-refractivity contribution >= 4 is 5.91 Å². The molecule has 0 aliphatic carbocycles. The van der Waals surface area contributed by atoms with E-state index in [4.69, 9.17) is 5.26 Å². The molecule has 0 saturated carbocycles. The van der Waals surface area contributed by atoms with E-state index in [1.54, 1.807) is 12.1 Å². The standard InChI is InChI=1S/C13H17N3O/c1-3-5-11(4-2)16-13(17)12-7-6-10(8-14)9-15-12/h6-7,9,11H,3-5H2,1-2H3,(H,16,17). The molecule has 0 spiro atoms. The molecule has 0 aliphatic rings. The number of carbonyl (C=O) groups is 1. The van der Waals surface area contributed by atoms with Gasteiger partial charge in [0.2, 0.25) is 0 Å². The van der Waals surface area contributed by atoms with Gasteiger partial charge in [0, 0.05) is 12.2 Å². The van der Waals surface area contributed by atoms with Gasteiger partial charge in [0.05, 0.1) is 5.56 Å². The molecule has 0 aliphatic heterocycles. The number of nitriles is 1. The Balaban J connectivity index is 2.66. The molecule has 17 heavy (non-hydrogen) atoms. The van der Waals surface area contributed by atoms with Crippen molar-refractivity contribution < 1.29 is 4.79 Å². The maximum Gasteiger partial charge on any atom is 0.270 e. The second kappa shape index (κ2) is 6.64. The van der Waals surface area contributed by atoms with Crippen LogP contribution in [-0.4, -0.2) is 16.9 Å². The van der Waals surface area contributed by atoms with E-state index >= 15 is 0 Å². The minimum atomic E-state index is -0.171. The largest absolute Gasteiger partial charge is 0.348 e. The molecule has 0 saturated heterocycles. The molecule has 0 aromatic carbocycles. The van der Waals surface area contributed by atoms with Crippen molar-refractivity contribution in [2.75, 3.05) is 0 Å². The van der Waals surface area contributed by atoms with Crippen molar-refractivity contribution in [2.45, 2.75) is 39.2 Å². The van der Waals surface area contributed by atoms with Gasteiger partial charge in [-0.25, -0.2) is 4.98 Å². The van der Waals surface area contributed by atoms with Crippen LogP contribution in [0.4, 0.5) is 0 Å². The van der Waals surface area contributed by atoms with Crippen molar-refractivity contribution in [3.63, 3.8) is 0 Å². The lowest BCUT2D eigenvalue weighted by molar-refractivity contribution is 0.0928. The van der Waals surface area contributed by atoms with E-state index < -0.39 is 0 Å². The van der Waals surface area contributed by atoms with Crippen LogP contribution in [0.15, 0.2) is 18.3 Å². The predicted molar refractivity (Wildman–Crippen MR) is 65.4 cm³/mol. The number of hydrogen-bond donors (Lipinski definition) is 1. The highest BCUT2D eigenvalue weighted by atomic mass is 16.1. The second-order valence-corrected chi connectivity index (χ2v) is 3.91.